The Labute approximate surface area is 95.6 Å². The molecule has 0 bridgehead atoms. The van der Waals surface area contributed by atoms with E-state index >= 15 is 0 Å². The van der Waals surface area contributed by atoms with E-state index in [1.54, 1.807) is 0 Å². The highest BCUT2D eigenvalue weighted by Crippen LogP contribution is 2.19. The van der Waals surface area contributed by atoms with E-state index < -0.39 is 18.1 Å². The van der Waals surface area contributed by atoms with Crippen LogP contribution in [0.2, 0.25) is 0 Å². The monoisotopic (exact) mass is 228 g/mol. The molecule has 5 nitrogen and oxygen atoms in total. The summed E-state index contributed by atoms with van der Waals surface area (Å²) in [5, 5.41) is 9.04. The Bertz CT molecular complexity index is 278. The Hall–Kier alpha value is -1.10. The molecule has 0 spiro atoms. The minimum absolute atomic E-state index is 0.0314. The third kappa shape index (κ3) is 2.72. The van der Waals surface area contributed by atoms with Gasteiger partial charge in [0.05, 0.1) is 6.04 Å². The van der Waals surface area contributed by atoms with Gasteiger partial charge in [-0.25, -0.2) is 4.79 Å². The number of carboxylic acids is 1. The predicted molar refractivity (Wildman–Crippen MR) is 59.8 cm³/mol. The maximum Gasteiger partial charge on any atom is 0.326 e. The summed E-state index contributed by atoms with van der Waals surface area (Å²) in [7, 11) is 0. The van der Waals surface area contributed by atoms with Gasteiger partial charge in [0.2, 0.25) is 5.91 Å². The van der Waals surface area contributed by atoms with E-state index in [0.29, 0.717) is 13.0 Å². The second kappa shape index (κ2) is 5.30. The van der Waals surface area contributed by atoms with Crippen LogP contribution in [-0.4, -0.2) is 40.5 Å². The first-order valence-electron chi connectivity index (χ1n) is 5.74. The number of carboxylic acid groups (broad SMARTS) is 1. The molecule has 3 N–H and O–H groups in total. The Morgan fingerprint density at radius 2 is 2.00 bits per heavy atom. The number of aliphatic carboxylic acids is 1. The first-order chi connectivity index (χ1) is 7.45. The van der Waals surface area contributed by atoms with Crippen LogP contribution in [0.1, 0.15) is 33.1 Å². The van der Waals surface area contributed by atoms with Gasteiger partial charge in [0.25, 0.3) is 0 Å². The van der Waals surface area contributed by atoms with Gasteiger partial charge in [-0.1, -0.05) is 13.8 Å². The van der Waals surface area contributed by atoms with Gasteiger partial charge in [-0.3, -0.25) is 4.79 Å². The summed E-state index contributed by atoms with van der Waals surface area (Å²) in [5.41, 5.74) is 5.77. The van der Waals surface area contributed by atoms with Gasteiger partial charge >= 0.3 is 5.97 Å². The molecular formula is C11H20N2O3. The number of carbonyl (C=O) groups excluding carboxylic acids is 1. The van der Waals surface area contributed by atoms with Crippen molar-refractivity contribution in [3.05, 3.63) is 0 Å². The number of nitrogens with two attached hydrogens (primary N) is 1. The van der Waals surface area contributed by atoms with Crippen molar-refractivity contribution < 1.29 is 14.7 Å². The van der Waals surface area contributed by atoms with Crippen LogP contribution in [0.15, 0.2) is 0 Å². The average Bonchev–Trinajstić information content (AvgIpc) is 2.26. The summed E-state index contributed by atoms with van der Waals surface area (Å²) in [6, 6.07) is -1.29. The summed E-state index contributed by atoms with van der Waals surface area (Å²) >= 11 is 0. The Kier molecular flexibility index (Phi) is 4.29. The molecule has 16 heavy (non-hydrogen) atoms. The average molecular weight is 228 g/mol. The molecule has 1 saturated heterocycles. The lowest BCUT2D eigenvalue weighted by Gasteiger charge is -2.35. The lowest BCUT2D eigenvalue weighted by molar-refractivity contribution is -0.153. The van der Waals surface area contributed by atoms with Crippen molar-refractivity contribution >= 4 is 11.9 Å². The normalized spacial score (nSPS) is 23.2. The molecule has 5 heteroatoms. The fraction of sp³-hybridized carbons (Fsp3) is 0.818. The summed E-state index contributed by atoms with van der Waals surface area (Å²) in [6.07, 6.45) is 2.25. The van der Waals surface area contributed by atoms with E-state index in [1.807, 2.05) is 13.8 Å². The minimum atomic E-state index is -0.927. The highest BCUT2D eigenvalue weighted by Gasteiger charge is 2.34. The fourth-order valence-electron chi connectivity index (χ4n) is 1.93. The molecule has 1 amide bonds. The van der Waals surface area contributed by atoms with Crippen molar-refractivity contribution in [1.82, 2.24) is 4.90 Å². The van der Waals surface area contributed by atoms with E-state index in [0.717, 1.165) is 12.8 Å². The molecule has 1 unspecified atom stereocenters. The molecule has 92 valence electrons. The van der Waals surface area contributed by atoms with Gasteiger partial charge in [-0.15, -0.1) is 0 Å². The second-order valence-electron chi connectivity index (χ2n) is 4.65. The smallest absolute Gasteiger partial charge is 0.326 e. The molecule has 1 rings (SSSR count). The largest absolute Gasteiger partial charge is 0.480 e. The molecule has 0 aromatic carbocycles. The van der Waals surface area contributed by atoms with Crippen LogP contribution in [0.5, 0.6) is 0 Å². The zero-order valence-corrected chi connectivity index (χ0v) is 9.85. The van der Waals surface area contributed by atoms with E-state index in [2.05, 4.69) is 0 Å². The van der Waals surface area contributed by atoms with Gasteiger partial charge in [0.15, 0.2) is 0 Å². The highest BCUT2D eigenvalue weighted by molar-refractivity contribution is 5.87. The van der Waals surface area contributed by atoms with Crippen LogP contribution in [0.3, 0.4) is 0 Å². The second-order valence-corrected chi connectivity index (χ2v) is 4.65. The lowest BCUT2D eigenvalue weighted by atomic mass is 9.98. The molecule has 1 fully saturated rings. The third-order valence-electron chi connectivity index (χ3n) is 3.07. The number of hydrogen-bond acceptors (Lipinski definition) is 3. The Balaban J connectivity index is 2.75. The third-order valence-corrected chi connectivity index (χ3v) is 3.07. The Morgan fingerprint density at radius 1 is 1.38 bits per heavy atom. The molecule has 1 aliphatic rings. The van der Waals surface area contributed by atoms with Crippen molar-refractivity contribution in [2.24, 2.45) is 11.7 Å². The molecule has 1 aliphatic heterocycles. The number of rotatable bonds is 3. The molecule has 0 aromatic rings. The number of piperidine rings is 1. The first-order valence-corrected chi connectivity index (χ1v) is 5.74. The lowest BCUT2D eigenvalue weighted by Crippen LogP contribution is -2.54. The van der Waals surface area contributed by atoms with E-state index in [1.165, 1.54) is 4.90 Å². The van der Waals surface area contributed by atoms with Crippen LogP contribution in [-0.2, 0) is 9.59 Å². The SMILES string of the molecule is CC(C)[C@H](N)C(=O)N1CCCCC1C(=O)O. The summed E-state index contributed by atoms with van der Waals surface area (Å²) in [6.45, 7) is 4.24. The maximum absolute atomic E-state index is 12.0. The fourth-order valence-corrected chi connectivity index (χ4v) is 1.93. The molecular weight excluding hydrogens is 208 g/mol. The Morgan fingerprint density at radius 3 is 2.50 bits per heavy atom. The van der Waals surface area contributed by atoms with E-state index in [9.17, 15) is 9.59 Å². The van der Waals surface area contributed by atoms with Crippen LogP contribution in [0.25, 0.3) is 0 Å². The van der Waals surface area contributed by atoms with Crippen molar-refractivity contribution in [2.45, 2.75) is 45.2 Å². The zero-order valence-electron chi connectivity index (χ0n) is 9.85. The van der Waals surface area contributed by atoms with Gasteiger partial charge in [-0.2, -0.15) is 0 Å². The molecule has 2 atom stereocenters. The molecule has 0 radical (unpaired) electrons. The molecule has 0 aromatic heterocycles. The van der Waals surface area contributed by atoms with Crippen molar-refractivity contribution in [3.63, 3.8) is 0 Å². The van der Waals surface area contributed by atoms with Crippen LogP contribution in [0.4, 0.5) is 0 Å². The molecule has 0 saturated carbocycles. The zero-order chi connectivity index (χ0) is 12.3. The summed E-state index contributed by atoms with van der Waals surface area (Å²) in [4.78, 5) is 24.4. The number of nitrogens with zero attached hydrogens (tertiary/aromatic N) is 1. The van der Waals surface area contributed by atoms with Crippen LogP contribution in [0, 0.1) is 5.92 Å². The molecule has 0 aliphatic carbocycles. The number of likely N-dealkylation sites (tertiary alicyclic amines) is 1. The topological polar surface area (TPSA) is 83.6 Å². The predicted octanol–water partition coefficient (Wildman–Crippen LogP) is 0.435. The van der Waals surface area contributed by atoms with Crippen molar-refractivity contribution in [1.29, 1.82) is 0 Å². The van der Waals surface area contributed by atoms with Crippen molar-refractivity contribution in [3.8, 4) is 0 Å². The van der Waals surface area contributed by atoms with Gasteiger partial charge in [0, 0.05) is 6.54 Å². The van der Waals surface area contributed by atoms with Gasteiger partial charge in [0.1, 0.15) is 6.04 Å². The number of amides is 1. The highest BCUT2D eigenvalue weighted by atomic mass is 16.4. The van der Waals surface area contributed by atoms with Crippen LogP contribution < -0.4 is 5.73 Å². The standard InChI is InChI=1S/C11H20N2O3/c1-7(2)9(12)10(14)13-6-4-3-5-8(13)11(15)16/h7-9H,3-6,12H2,1-2H3,(H,15,16)/t8?,9-/m0/s1. The minimum Gasteiger partial charge on any atom is -0.480 e. The first kappa shape index (κ1) is 13.0. The van der Waals surface area contributed by atoms with E-state index in [-0.39, 0.29) is 11.8 Å². The van der Waals surface area contributed by atoms with Crippen molar-refractivity contribution in [2.75, 3.05) is 6.54 Å². The van der Waals surface area contributed by atoms with E-state index in [4.69, 9.17) is 10.8 Å². The van der Waals surface area contributed by atoms with Gasteiger partial charge < -0.3 is 15.7 Å². The summed E-state index contributed by atoms with van der Waals surface area (Å²) in [5.74, 6) is -1.13. The van der Waals surface area contributed by atoms with Gasteiger partial charge in [-0.05, 0) is 25.2 Å². The quantitative estimate of drug-likeness (QED) is 0.734. The number of hydrogen-bond donors (Lipinski definition) is 2. The van der Waals surface area contributed by atoms with Crippen LogP contribution >= 0.6 is 0 Å². The number of carbonyl (C=O) groups is 2. The molecule has 1 heterocycles. The summed E-state index contributed by atoms with van der Waals surface area (Å²) < 4.78 is 0. The maximum atomic E-state index is 12.0.